The standard InChI is InChI=1S/C16H23NO3/c1-11(20-2)3-4-12-5-7-13(8-6-12)15-9-14(10-17-15)16(18)19/h5-8,11,14-15,17H,3-4,9-10H2,1-2H3,(H,18,19). The first-order valence-corrected chi connectivity index (χ1v) is 7.18. The third-order valence-electron chi connectivity index (χ3n) is 4.10. The van der Waals surface area contributed by atoms with Crippen molar-refractivity contribution in [2.75, 3.05) is 13.7 Å². The van der Waals surface area contributed by atoms with Crippen LogP contribution in [0.5, 0.6) is 0 Å². The van der Waals surface area contributed by atoms with Crippen LogP contribution < -0.4 is 5.32 Å². The van der Waals surface area contributed by atoms with Gasteiger partial charge in [-0.3, -0.25) is 4.79 Å². The van der Waals surface area contributed by atoms with Gasteiger partial charge in [-0.25, -0.2) is 0 Å². The van der Waals surface area contributed by atoms with E-state index in [-0.39, 0.29) is 18.1 Å². The number of hydrogen-bond acceptors (Lipinski definition) is 3. The lowest BCUT2D eigenvalue weighted by Crippen LogP contribution is -2.17. The van der Waals surface area contributed by atoms with Crippen LogP contribution in [0.3, 0.4) is 0 Å². The van der Waals surface area contributed by atoms with Crippen molar-refractivity contribution >= 4 is 5.97 Å². The van der Waals surface area contributed by atoms with Crippen molar-refractivity contribution < 1.29 is 14.6 Å². The van der Waals surface area contributed by atoms with Gasteiger partial charge in [0.25, 0.3) is 0 Å². The number of hydrogen-bond donors (Lipinski definition) is 2. The summed E-state index contributed by atoms with van der Waals surface area (Å²) in [5, 5.41) is 12.3. The third-order valence-corrected chi connectivity index (χ3v) is 4.10. The van der Waals surface area contributed by atoms with Crippen molar-refractivity contribution in [2.45, 2.75) is 38.3 Å². The van der Waals surface area contributed by atoms with Crippen molar-refractivity contribution in [3.63, 3.8) is 0 Å². The topological polar surface area (TPSA) is 58.6 Å². The lowest BCUT2D eigenvalue weighted by Gasteiger charge is -2.12. The number of carboxylic acid groups (broad SMARTS) is 1. The molecule has 1 aromatic carbocycles. The summed E-state index contributed by atoms with van der Waals surface area (Å²) in [4.78, 5) is 11.0. The Morgan fingerprint density at radius 2 is 2.15 bits per heavy atom. The molecule has 1 aliphatic heterocycles. The summed E-state index contributed by atoms with van der Waals surface area (Å²) in [6.07, 6.45) is 2.97. The molecule has 0 radical (unpaired) electrons. The molecule has 4 nitrogen and oxygen atoms in total. The average molecular weight is 277 g/mol. The van der Waals surface area contributed by atoms with E-state index >= 15 is 0 Å². The Hall–Kier alpha value is -1.39. The monoisotopic (exact) mass is 277 g/mol. The third kappa shape index (κ3) is 3.81. The van der Waals surface area contributed by atoms with Crippen molar-refractivity contribution in [1.29, 1.82) is 0 Å². The maximum Gasteiger partial charge on any atom is 0.307 e. The van der Waals surface area contributed by atoms with Gasteiger partial charge in [0, 0.05) is 19.7 Å². The van der Waals surface area contributed by atoms with Gasteiger partial charge in [0.2, 0.25) is 0 Å². The van der Waals surface area contributed by atoms with E-state index in [1.807, 2.05) is 0 Å². The summed E-state index contributed by atoms with van der Waals surface area (Å²) < 4.78 is 5.25. The van der Waals surface area contributed by atoms with Crippen LogP contribution in [0.15, 0.2) is 24.3 Å². The molecule has 1 aliphatic rings. The molecule has 3 unspecified atom stereocenters. The van der Waals surface area contributed by atoms with E-state index in [0.717, 1.165) is 12.8 Å². The number of aliphatic carboxylic acids is 1. The molecule has 3 atom stereocenters. The summed E-state index contributed by atoms with van der Waals surface area (Å²) >= 11 is 0. The van der Waals surface area contributed by atoms with Crippen LogP contribution in [0.2, 0.25) is 0 Å². The molecule has 1 saturated heterocycles. The lowest BCUT2D eigenvalue weighted by molar-refractivity contribution is -0.141. The zero-order valence-corrected chi connectivity index (χ0v) is 12.1. The van der Waals surface area contributed by atoms with Gasteiger partial charge in [0.15, 0.2) is 0 Å². The minimum absolute atomic E-state index is 0.169. The number of rotatable bonds is 6. The molecule has 0 amide bonds. The number of carbonyl (C=O) groups is 1. The second-order valence-corrected chi connectivity index (χ2v) is 5.56. The van der Waals surface area contributed by atoms with Crippen molar-refractivity contribution in [2.24, 2.45) is 5.92 Å². The fourth-order valence-electron chi connectivity index (χ4n) is 2.58. The number of ether oxygens (including phenoxy) is 1. The van der Waals surface area contributed by atoms with Crippen LogP contribution >= 0.6 is 0 Å². The maximum absolute atomic E-state index is 11.0. The zero-order valence-electron chi connectivity index (χ0n) is 12.1. The maximum atomic E-state index is 11.0. The van der Waals surface area contributed by atoms with Crippen molar-refractivity contribution in [3.05, 3.63) is 35.4 Å². The molecular weight excluding hydrogens is 254 g/mol. The summed E-state index contributed by atoms with van der Waals surface area (Å²) in [6.45, 7) is 2.63. The zero-order chi connectivity index (χ0) is 14.5. The van der Waals surface area contributed by atoms with Gasteiger partial charge >= 0.3 is 5.97 Å². The van der Waals surface area contributed by atoms with Crippen molar-refractivity contribution in [1.82, 2.24) is 5.32 Å². The molecule has 1 fully saturated rings. The summed E-state index contributed by atoms with van der Waals surface area (Å²) in [6, 6.07) is 8.65. The highest BCUT2D eigenvalue weighted by Crippen LogP contribution is 2.27. The first-order valence-electron chi connectivity index (χ1n) is 7.18. The fraction of sp³-hybridized carbons (Fsp3) is 0.562. The SMILES string of the molecule is COC(C)CCc1ccc(C2CC(C(=O)O)CN2)cc1. The van der Waals surface area contributed by atoms with Gasteiger partial charge in [-0.05, 0) is 37.3 Å². The number of benzene rings is 1. The Balaban J connectivity index is 1.90. The molecule has 1 aromatic rings. The number of nitrogens with one attached hydrogen (secondary N) is 1. The van der Waals surface area contributed by atoms with E-state index in [0.29, 0.717) is 13.0 Å². The molecule has 0 spiro atoms. The first kappa shape index (κ1) is 15.0. The van der Waals surface area contributed by atoms with Crippen LogP contribution in [0, 0.1) is 5.92 Å². The second kappa shape index (κ2) is 6.86. The van der Waals surface area contributed by atoms with Gasteiger partial charge in [0.05, 0.1) is 12.0 Å². The fourth-order valence-corrected chi connectivity index (χ4v) is 2.58. The van der Waals surface area contributed by atoms with Crippen LogP contribution in [-0.2, 0) is 16.0 Å². The molecule has 20 heavy (non-hydrogen) atoms. The highest BCUT2D eigenvalue weighted by Gasteiger charge is 2.29. The molecule has 2 rings (SSSR count). The van der Waals surface area contributed by atoms with E-state index in [4.69, 9.17) is 9.84 Å². The Bertz CT molecular complexity index is 444. The molecule has 0 aliphatic carbocycles. The van der Waals surface area contributed by atoms with E-state index in [9.17, 15) is 4.79 Å². The first-order chi connectivity index (χ1) is 9.60. The normalized spacial score (nSPS) is 23.7. The number of aryl methyl sites for hydroxylation is 1. The van der Waals surface area contributed by atoms with E-state index in [2.05, 4.69) is 36.5 Å². The van der Waals surface area contributed by atoms with Crippen molar-refractivity contribution in [3.8, 4) is 0 Å². The Kier molecular flexibility index (Phi) is 5.15. The predicted octanol–water partition coefficient (Wildman–Crippen LogP) is 2.39. The summed E-state index contributed by atoms with van der Waals surface area (Å²) in [5.74, 6) is -0.965. The average Bonchev–Trinajstić information content (AvgIpc) is 2.95. The molecule has 0 saturated carbocycles. The minimum Gasteiger partial charge on any atom is -0.481 e. The van der Waals surface area contributed by atoms with E-state index < -0.39 is 5.97 Å². The quantitative estimate of drug-likeness (QED) is 0.838. The molecule has 2 N–H and O–H groups in total. The predicted molar refractivity (Wildman–Crippen MR) is 77.7 cm³/mol. The summed E-state index contributed by atoms with van der Waals surface area (Å²) in [7, 11) is 1.73. The van der Waals surface area contributed by atoms with E-state index in [1.165, 1.54) is 11.1 Å². The van der Waals surface area contributed by atoms with Crippen LogP contribution in [-0.4, -0.2) is 30.8 Å². The van der Waals surface area contributed by atoms with Crippen LogP contribution in [0.1, 0.15) is 36.9 Å². The molecular formula is C16H23NO3. The highest BCUT2D eigenvalue weighted by molar-refractivity contribution is 5.70. The Morgan fingerprint density at radius 3 is 2.70 bits per heavy atom. The number of carboxylic acids is 1. The molecule has 110 valence electrons. The number of methoxy groups -OCH3 is 1. The molecule has 4 heteroatoms. The Morgan fingerprint density at radius 1 is 1.45 bits per heavy atom. The second-order valence-electron chi connectivity index (χ2n) is 5.56. The molecule has 0 aromatic heterocycles. The largest absolute Gasteiger partial charge is 0.481 e. The lowest BCUT2D eigenvalue weighted by atomic mass is 9.98. The Labute approximate surface area is 120 Å². The summed E-state index contributed by atoms with van der Waals surface area (Å²) in [5.41, 5.74) is 2.47. The van der Waals surface area contributed by atoms with Gasteiger partial charge in [0.1, 0.15) is 0 Å². The van der Waals surface area contributed by atoms with Gasteiger partial charge in [-0.1, -0.05) is 24.3 Å². The van der Waals surface area contributed by atoms with E-state index in [1.54, 1.807) is 7.11 Å². The smallest absolute Gasteiger partial charge is 0.307 e. The molecule has 0 bridgehead atoms. The van der Waals surface area contributed by atoms with Crippen LogP contribution in [0.25, 0.3) is 0 Å². The highest BCUT2D eigenvalue weighted by atomic mass is 16.5. The minimum atomic E-state index is -0.704. The van der Waals surface area contributed by atoms with Crippen LogP contribution in [0.4, 0.5) is 0 Å². The van der Waals surface area contributed by atoms with Gasteiger partial charge in [-0.2, -0.15) is 0 Å². The molecule has 1 heterocycles. The van der Waals surface area contributed by atoms with Gasteiger partial charge in [-0.15, -0.1) is 0 Å². The van der Waals surface area contributed by atoms with Gasteiger partial charge < -0.3 is 15.2 Å².